The number of ether oxygens (including phenoxy) is 2. The summed E-state index contributed by atoms with van der Waals surface area (Å²) in [7, 11) is 1.76. The summed E-state index contributed by atoms with van der Waals surface area (Å²) >= 11 is 0. The molecule has 5 nitrogen and oxygen atoms in total. The minimum absolute atomic E-state index is 0.266. The van der Waals surface area contributed by atoms with Gasteiger partial charge in [0.1, 0.15) is 0 Å². The molecule has 1 aliphatic rings. The molecule has 1 amide bonds. The predicted molar refractivity (Wildman–Crippen MR) is 74.9 cm³/mol. The van der Waals surface area contributed by atoms with Crippen LogP contribution >= 0.6 is 0 Å². The predicted octanol–water partition coefficient (Wildman–Crippen LogP) is 1.20. The molecular weight excluding hydrogens is 244 g/mol. The third-order valence-electron chi connectivity index (χ3n) is 3.92. The van der Waals surface area contributed by atoms with Crippen LogP contribution in [0.25, 0.3) is 0 Å². The number of hydrogen-bond donors (Lipinski definition) is 2. The summed E-state index contributed by atoms with van der Waals surface area (Å²) in [6.07, 6.45) is 4.21. The Labute approximate surface area is 116 Å². The second kappa shape index (κ2) is 7.22. The summed E-state index contributed by atoms with van der Waals surface area (Å²) < 4.78 is 11.6. The first-order valence-electron chi connectivity index (χ1n) is 7.13. The lowest BCUT2D eigenvalue weighted by atomic mass is 9.95. The van der Waals surface area contributed by atoms with Crippen LogP contribution in [0.1, 0.15) is 46.5 Å². The van der Waals surface area contributed by atoms with E-state index in [2.05, 4.69) is 19.2 Å². The normalized spacial score (nSPS) is 30.8. The number of amides is 1. The molecule has 3 N–H and O–H groups in total. The molecule has 1 saturated heterocycles. The van der Waals surface area contributed by atoms with Crippen molar-refractivity contribution in [2.45, 2.75) is 70.3 Å². The van der Waals surface area contributed by atoms with E-state index in [4.69, 9.17) is 15.2 Å². The van der Waals surface area contributed by atoms with Gasteiger partial charge in [0, 0.05) is 6.61 Å². The molecule has 0 radical (unpaired) electrons. The van der Waals surface area contributed by atoms with Crippen molar-refractivity contribution < 1.29 is 14.3 Å². The van der Waals surface area contributed by atoms with Crippen molar-refractivity contribution in [1.82, 2.24) is 5.32 Å². The molecule has 1 rings (SSSR count). The van der Waals surface area contributed by atoms with E-state index in [1.165, 1.54) is 0 Å². The zero-order valence-electron chi connectivity index (χ0n) is 12.6. The first-order chi connectivity index (χ1) is 8.87. The minimum Gasteiger partial charge on any atom is -0.378 e. The highest BCUT2D eigenvalue weighted by Crippen LogP contribution is 2.22. The molecule has 3 atom stereocenters. The van der Waals surface area contributed by atoms with E-state index in [0.29, 0.717) is 13.0 Å². The van der Waals surface area contributed by atoms with E-state index in [1.54, 1.807) is 7.05 Å². The van der Waals surface area contributed by atoms with Gasteiger partial charge in [0.05, 0.1) is 23.9 Å². The molecule has 1 heterocycles. The van der Waals surface area contributed by atoms with Crippen LogP contribution in [0.2, 0.25) is 0 Å². The maximum atomic E-state index is 11.3. The number of likely N-dealkylation sites (N-methyl/N-ethyl adjacent to an activating group) is 1. The summed E-state index contributed by atoms with van der Waals surface area (Å²) in [5.41, 5.74) is 4.74. The monoisotopic (exact) mass is 272 g/mol. The molecular formula is C14H28N2O3. The van der Waals surface area contributed by atoms with E-state index in [-0.39, 0.29) is 24.2 Å². The van der Waals surface area contributed by atoms with Crippen LogP contribution in [-0.2, 0) is 14.3 Å². The molecule has 0 aromatic rings. The number of primary amides is 1. The third-order valence-corrected chi connectivity index (χ3v) is 3.92. The van der Waals surface area contributed by atoms with Crippen molar-refractivity contribution >= 4 is 5.91 Å². The summed E-state index contributed by atoms with van der Waals surface area (Å²) in [5, 5.41) is 2.98. The van der Waals surface area contributed by atoms with Gasteiger partial charge >= 0.3 is 0 Å². The van der Waals surface area contributed by atoms with Crippen LogP contribution < -0.4 is 11.1 Å². The first kappa shape index (κ1) is 16.4. The zero-order chi connectivity index (χ0) is 14.5. The standard InChI is InChI=1S/C14H28N2O3/c1-10-8-12(9-11(2)19-10)18-7-5-6-14(3,16-4)13(15)17/h10-12,16H,5-9H2,1-4H3,(H2,15,17). The molecule has 0 aromatic heterocycles. The number of nitrogens with one attached hydrogen (secondary N) is 1. The first-order valence-corrected chi connectivity index (χ1v) is 7.13. The molecule has 0 bridgehead atoms. The van der Waals surface area contributed by atoms with E-state index in [9.17, 15) is 4.79 Å². The van der Waals surface area contributed by atoms with Gasteiger partial charge in [-0.05, 0) is 53.5 Å². The highest BCUT2D eigenvalue weighted by molar-refractivity contribution is 5.84. The molecule has 1 aliphatic heterocycles. The lowest BCUT2D eigenvalue weighted by Gasteiger charge is -2.32. The van der Waals surface area contributed by atoms with Gasteiger partial charge in [-0.2, -0.15) is 0 Å². The molecule has 3 unspecified atom stereocenters. The Kier molecular flexibility index (Phi) is 6.23. The lowest BCUT2D eigenvalue weighted by Crippen LogP contribution is -2.51. The van der Waals surface area contributed by atoms with Crippen LogP contribution in [-0.4, -0.2) is 43.4 Å². The van der Waals surface area contributed by atoms with Gasteiger partial charge in [0.25, 0.3) is 0 Å². The topological polar surface area (TPSA) is 73.6 Å². The molecule has 0 saturated carbocycles. The Morgan fingerprint density at radius 2 is 2.00 bits per heavy atom. The summed E-state index contributed by atoms with van der Waals surface area (Å²) in [4.78, 5) is 11.3. The highest BCUT2D eigenvalue weighted by atomic mass is 16.5. The number of rotatable bonds is 7. The maximum Gasteiger partial charge on any atom is 0.237 e. The average Bonchev–Trinajstić information content (AvgIpc) is 2.33. The second-order valence-electron chi connectivity index (χ2n) is 5.77. The highest BCUT2D eigenvalue weighted by Gasteiger charge is 2.29. The molecule has 19 heavy (non-hydrogen) atoms. The molecule has 5 heteroatoms. The van der Waals surface area contributed by atoms with Crippen molar-refractivity contribution in [2.75, 3.05) is 13.7 Å². The minimum atomic E-state index is -0.639. The van der Waals surface area contributed by atoms with Crippen molar-refractivity contribution in [3.05, 3.63) is 0 Å². The van der Waals surface area contributed by atoms with Crippen LogP contribution in [0.5, 0.6) is 0 Å². The van der Waals surface area contributed by atoms with Gasteiger partial charge < -0.3 is 20.5 Å². The van der Waals surface area contributed by atoms with Gasteiger partial charge in [-0.3, -0.25) is 4.79 Å². The van der Waals surface area contributed by atoms with E-state index in [1.807, 2.05) is 6.92 Å². The van der Waals surface area contributed by atoms with Crippen LogP contribution in [0.3, 0.4) is 0 Å². The molecule has 1 fully saturated rings. The summed E-state index contributed by atoms with van der Waals surface area (Å²) in [5.74, 6) is -0.316. The summed E-state index contributed by atoms with van der Waals surface area (Å²) in [6.45, 7) is 6.65. The Hall–Kier alpha value is -0.650. The molecule has 0 aromatic carbocycles. The Morgan fingerprint density at radius 1 is 1.42 bits per heavy atom. The maximum absolute atomic E-state index is 11.3. The van der Waals surface area contributed by atoms with Crippen LogP contribution in [0.4, 0.5) is 0 Å². The van der Waals surface area contributed by atoms with Crippen LogP contribution in [0.15, 0.2) is 0 Å². The molecule has 0 aliphatic carbocycles. The van der Waals surface area contributed by atoms with E-state index < -0.39 is 5.54 Å². The van der Waals surface area contributed by atoms with Crippen LogP contribution in [0, 0.1) is 0 Å². The quantitative estimate of drug-likeness (QED) is 0.683. The van der Waals surface area contributed by atoms with Gasteiger partial charge in [-0.25, -0.2) is 0 Å². The number of hydrogen-bond acceptors (Lipinski definition) is 4. The fourth-order valence-corrected chi connectivity index (χ4v) is 2.53. The fourth-order valence-electron chi connectivity index (χ4n) is 2.53. The van der Waals surface area contributed by atoms with Gasteiger partial charge in [-0.1, -0.05) is 0 Å². The van der Waals surface area contributed by atoms with Crippen molar-refractivity contribution in [3.63, 3.8) is 0 Å². The van der Waals surface area contributed by atoms with Crippen molar-refractivity contribution in [1.29, 1.82) is 0 Å². The number of nitrogens with two attached hydrogens (primary N) is 1. The fraction of sp³-hybridized carbons (Fsp3) is 0.929. The van der Waals surface area contributed by atoms with E-state index in [0.717, 1.165) is 19.3 Å². The number of carbonyl (C=O) groups is 1. The Balaban J connectivity index is 2.25. The second-order valence-corrected chi connectivity index (χ2v) is 5.77. The third kappa shape index (κ3) is 5.09. The van der Waals surface area contributed by atoms with Gasteiger partial charge in [-0.15, -0.1) is 0 Å². The average molecular weight is 272 g/mol. The van der Waals surface area contributed by atoms with Crippen molar-refractivity contribution in [3.8, 4) is 0 Å². The SMILES string of the molecule is CNC(C)(CCCOC1CC(C)OC(C)C1)C(N)=O. The van der Waals surface area contributed by atoms with Gasteiger partial charge in [0.15, 0.2) is 0 Å². The summed E-state index contributed by atoms with van der Waals surface area (Å²) in [6, 6.07) is 0. The molecule has 0 spiro atoms. The largest absolute Gasteiger partial charge is 0.378 e. The smallest absolute Gasteiger partial charge is 0.237 e. The Bertz CT molecular complexity index is 288. The lowest BCUT2D eigenvalue weighted by molar-refractivity contribution is -0.124. The molecule has 112 valence electrons. The van der Waals surface area contributed by atoms with Gasteiger partial charge in [0.2, 0.25) is 5.91 Å². The van der Waals surface area contributed by atoms with E-state index >= 15 is 0 Å². The van der Waals surface area contributed by atoms with Crippen molar-refractivity contribution in [2.24, 2.45) is 5.73 Å². The Morgan fingerprint density at radius 3 is 2.47 bits per heavy atom. The zero-order valence-corrected chi connectivity index (χ0v) is 12.6. The number of carbonyl (C=O) groups excluding carboxylic acids is 1.